The van der Waals surface area contributed by atoms with E-state index in [1.165, 1.54) is 32.1 Å². The van der Waals surface area contributed by atoms with E-state index in [2.05, 4.69) is 13.8 Å². The van der Waals surface area contributed by atoms with Crippen LogP contribution in [0.4, 0.5) is 0 Å². The Bertz CT molecular complexity index is 140. The summed E-state index contributed by atoms with van der Waals surface area (Å²) in [4.78, 5) is 0. The smallest absolute Gasteiger partial charge is 0.0600 e. The zero-order valence-corrected chi connectivity index (χ0v) is 10.00. The van der Waals surface area contributed by atoms with Crippen LogP contribution in [0.25, 0.3) is 0 Å². The lowest BCUT2D eigenvalue weighted by Crippen LogP contribution is -2.16. The van der Waals surface area contributed by atoms with Gasteiger partial charge in [0, 0.05) is 0 Å². The molecule has 2 unspecified atom stereocenters. The molecule has 0 aromatic rings. The van der Waals surface area contributed by atoms with Crippen LogP contribution in [0.3, 0.4) is 0 Å². The quantitative estimate of drug-likeness (QED) is 0.463. The monoisotopic (exact) mass is 198 g/mol. The zero-order valence-electron chi connectivity index (χ0n) is 10.00. The van der Waals surface area contributed by atoms with E-state index in [4.69, 9.17) is 0 Å². The van der Waals surface area contributed by atoms with Gasteiger partial charge in [0.25, 0.3) is 0 Å². The van der Waals surface area contributed by atoms with Gasteiger partial charge >= 0.3 is 0 Å². The van der Waals surface area contributed by atoms with Gasteiger partial charge in [-0.1, -0.05) is 51.7 Å². The SMILES string of the molecule is C/C=C/CC(O)C(C)CCCCCC. The molecule has 14 heavy (non-hydrogen) atoms. The number of aliphatic hydroxyl groups is 1. The second-order valence-electron chi connectivity index (χ2n) is 4.20. The Morgan fingerprint density at radius 3 is 2.50 bits per heavy atom. The van der Waals surface area contributed by atoms with Crippen LogP contribution in [0.2, 0.25) is 0 Å². The summed E-state index contributed by atoms with van der Waals surface area (Å²) in [7, 11) is 0. The Labute approximate surface area is 89.2 Å². The highest BCUT2D eigenvalue weighted by Crippen LogP contribution is 2.16. The van der Waals surface area contributed by atoms with Crippen LogP contribution >= 0.6 is 0 Å². The molecule has 1 N–H and O–H groups in total. The first kappa shape index (κ1) is 13.7. The molecule has 0 aliphatic rings. The molecule has 84 valence electrons. The third-order valence-corrected chi connectivity index (χ3v) is 2.78. The topological polar surface area (TPSA) is 20.2 Å². The summed E-state index contributed by atoms with van der Waals surface area (Å²) < 4.78 is 0. The minimum Gasteiger partial charge on any atom is -0.393 e. The van der Waals surface area contributed by atoms with Crippen molar-refractivity contribution in [3.05, 3.63) is 12.2 Å². The summed E-state index contributed by atoms with van der Waals surface area (Å²) >= 11 is 0. The molecule has 0 aliphatic heterocycles. The van der Waals surface area contributed by atoms with Crippen LogP contribution in [-0.4, -0.2) is 11.2 Å². The van der Waals surface area contributed by atoms with Gasteiger partial charge in [-0.25, -0.2) is 0 Å². The van der Waals surface area contributed by atoms with Gasteiger partial charge in [-0.2, -0.15) is 0 Å². The molecule has 0 fully saturated rings. The highest BCUT2D eigenvalue weighted by molar-refractivity contribution is 4.81. The van der Waals surface area contributed by atoms with Gasteiger partial charge in [-0.15, -0.1) is 0 Å². The van der Waals surface area contributed by atoms with Crippen molar-refractivity contribution >= 4 is 0 Å². The van der Waals surface area contributed by atoms with E-state index in [0.717, 1.165) is 6.42 Å². The average molecular weight is 198 g/mol. The third kappa shape index (κ3) is 7.14. The first-order chi connectivity index (χ1) is 6.72. The standard InChI is InChI=1S/C13H26O/c1-4-6-8-9-10-12(3)13(14)11-7-5-2/h5,7,12-14H,4,6,8-11H2,1-3H3/b7-5+. The summed E-state index contributed by atoms with van der Waals surface area (Å²) in [6.07, 6.45) is 11.1. The number of aliphatic hydroxyl groups excluding tert-OH is 1. The minimum atomic E-state index is -0.146. The molecule has 0 aliphatic carbocycles. The number of allylic oxidation sites excluding steroid dienone is 1. The first-order valence-corrected chi connectivity index (χ1v) is 6.01. The molecule has 1 nitrogen and oxygen atoms in total. The average Bonchev–Trinajstić information content (AvgIpc) is 2.20. The summed E-state index contributed by atoms with van der Waals surface area (Å²) in [5.41, 5.74) is 0. The maximum absolute atomic E-state index is 9.75. The molecule has 0 bridgehead atoms. The maximum Gasteiger partial charge on any atom is 0.0600 e. The molecule has 0 radical (unpaired) electrons. The molecule has 0 saturated carbocycles. The number of hydrogen-bond acceptors (Lipinski definition) is 1. The van der Waals surface area contributed by atoms with Crippen molar-refractivity contribution in [2.75, 3.05) is 0 Å². The van der Waals surface area contributed by atoms with Gasteiger partial charge < -0.3 is 5.11 Å². The van der Waals surface area contributed by atoms with Crippen LogP contribution in [0, 0.1) is 5.92 Å². The molecule has 0 aromatic carbocycles. The van der Waals surface area contributed by atoms with Crippen molar-refractivity contribution in [3.63, 3.8) is 0 Å². The van der Waals surface area contributed by atoms with Crippen molar-refractivity contribution in [3.8, 4) is 0 Å². The highest BCUT2D eigenvalue weighted by Gasteiger charge is 2.11. The van der Waals surface area contributed by atoms with E-state index in [1.54, 1.807) is 0 Å². The van der Waals surface area contributed by atoms with Crippen LogP contribution in [0.5, 0.6) is 0 Å². The Morgan fingerprint density at radius 2 is 1.93 bits per heavy atom. The number of hydrogen-bond donors (Lipinski definition) is 1. The Hall–Kier alpha value is -0.300. The molecule has 0 aromatic heterocycles. The predicted molar refractivity (Wildman–Crippen MR) is 63.4 cm³/mol. The van der Waals surface area contributed by atoms with Crippen LogP contribution in [-0.2, 0) is 0 Å². The van der Waals surface area contributed by atoms with Gasteiger partial charge in [0.05, 0.1) is 6.10 Å². The summed E-state index contributed by atoms with van der Waals surface area (Å²) in [6, 6.07) is 0. The lowest BCUT2D eigenvalue weighted by Gasteiger charge is -2.17. The largest absolute Gasteiger partial charge is 0.393 e. The van der Waals surface area contributed by atoms with Crippen molar-refractivity contribution in [1.82, 2.24) is 0 Å². The fourth-order valence-corrected chi connectivity index (χ4v) is 1.59. The fourth-order valence-electron chi connectivity index (χ4n) is 1.59. The second-order valence-corrected chi connectivity index (χ2v) is 4.20. The Balaban J connectivity index is 3.46. The van der Waals surface area contributed by atoms with Crippen LogP contribution < -0.4 is 0 Å². The molecule has 0 heterocycles. The van der Waals surface area contributed by atoms with Crippen molar-refractivity contribution < 1.29 is 5.11 Å². The summed E-state index contributed by atoms with van der Waals surface area (Å²) in [5.74, 6) is 0.447. The highest BCUT2D eigenvalue weighted by atomic mass is 16.3. The third-order valence-electron chi connectivity index (χ3n) is 2.78. The normalized spacial score (nSPS) is 16.0. The lowest BCUT2D eigenvalue weighted by molar-refractivity contribution is 0.113. The molecule has 0 saturated heterocycles. The lowest BCUT2D eigenvalue weighted by atomic mass is 9.95. The number of rotatable bonds is 8. The molecular formula is C13H26O. The maximum atomic E-state index is 9.75. The van der Waals surface area contributed by atoms with Crippen molar-refractivity contribution in [2.24, 2.45) is 5.92 Å². The Kier molecular flexibility index (Phi) is 9.06. The van der Waals surface area contributed by atoms with Gasteiger partial charge in [0.1, 0.15) is 0 Å². The van der Waals surface area contributed by atoms with E-state index in [9.17, 15) is 5.11 Å². The van der Waals surface area contributed by atoms with Gasteiger partial charge in [-0.3, -0.25) is 0 Å². The molecule has 0 spiro atoms. The second kappa shape index (κ2) is 9.26. The van der Waals surface area contributed by atoms with Crippen LogP contribution in [0.15, 0.2) is 12.2 Å². The zero-order chi connectivity index (χ0) is 10.8. The van der Waals surface area contributed by atoms with Crippen molar-refractivity contribution in [1.29, 1.82) is 0 Å². The fraction of sp³-hybridized carbons (Fsp3) is 0.846. The number of unbranched alkanes of at least 4 members (excludes halogenated alkanes) is 3. The van der Waals surface area contributed by atoms with E-state index in [0.29, 0.717) is 5.92 Å². The summed E-state index contributed by atoms with van der Waals surface area (Å²) in [5, 5.41) is 9.75. The van der Waals surface area contributed by atoms with Gasteiger partial charge in [0.15, 0.2) is 0 Å². The van der Waals surface area contributed by atoms with E-state index in [1.807, 2.05) is 19.1 Å². The first-order valence-electron chi connectivity index (χ1n) is 6.01. The molecule has 0 rings (SSSR count). The van der Waals surface area contributed by atoms with Crippen molar-refractivity contribution in [2.45, 2.75) is 65.4 Å². The van der Waals surface area contributed by atoms with E-state index < -0.39 is 0 Å². The van der Waals surface area contributed by atoms with E-state index in [-0.39, 0.29) is 6.10 Å². The molecule has 0 amide bonds. The van der Waals surface area contributed by atoms with Gasteiger partial charge in [-0.05, 0) is 25.7 Å². The summed E-state index contributed by atoms with van der Waals surface area (Å²) in [6.45, 7) is 6.38. The molecular weight excluding hydrogens is 172 g/mol. The molecule has 2 atom stereocenters. The molecule has 1 heteroatoms. The minimum absolute atomic E-state index is 0.146. The predicted octanol–water partition coefficient (Wildman–Crippen LogP) is 3.92. The van der Waals surface area contributed by atoms with Gasteiger partial charge in [0.2, 0.25) is 0 Å². The van der Waals surface area contributed by atoms with Crippen LogP contribution in [0.1, 0.15) is 59.3 Å². The Morgan fingerprint density at radius 1 is 1.21 bits per heavy atom. The van der Waals surface area contributed by atoms with E-state index >= 15 is 0 Å².